The summed E-state index contributed by atoms with van der Waals surface area (Å²) in [7, 11) is 0. The molecule has 1 saturated heterocycles. The third-order valence-corrected chi connectivity index (χ3v) is 6.81. The number of esters is 1. The highest BCUT2D eigenvalue weighted by Gasteiger charge is 2.46. The van der Waals surface area contributed by atoms with Crippen LogP contribution in [0.3, 0.4) is 0 Å². The second-order valence-corrected chi connectivity index (χ2v) is 8.77. The van der Waals surface area contributed by atoms with Crippen LogP contribution in [0, 0.1) is 11.8 Å². The van der Waals surface area contributed by atoms with Gasteiger partial charge in [-0.1, -0.05) is 55.7 Å². The highest BCUT2D eigenvalue weighted by molar-refractivity contribution is 6.05. The lowest BCUT2D eigenvalue weighted by molar-refractivity contribution is -0.145. The van der Waals surface area contributed by atoms with E-state index < -0.39 is 5.97 Å². The monoisotopic (exact) mass is 423 g/mol. The fourth-order valence-electron chi connectivity index (χ4n) is 4.97. The molecule has 1 heterocycles. The molecule has 4 rings (SSSR count). The van der Waals surface area contributed by atoms with Crippen molar-refractivity contribution in [3.05, 3.63) is 47.5 Å². The fourth-order valence-corrected chi connectivity index (χ4v) is 4.97. The summed E-state index contributed by atoms with van der Waals surface area (Å²) in [4.78, 5) is 50.5. The summed E-state index contributed by atoms with van der Waals surface area (Å²) in [6.07, 6.45) is 11.1. The topological polar surface area (TPSA) is 80.8 Å². The lowest BCUT2D eigenvalue weighted by Gasteiger charge is -2.22. The van der Waals surface area contributed by atoms with Crippen molar-refractivity contribution in [3.63, 3.8) is 0 Å². The molecule has 3 aliphatic rings. The first kappa shape index (κ1) is 21.5. The maximum atomic E-state index is 12.4. The minimum atomic E-state index is -0.583. The van der Waals surface area contributed by atoms with Gasteiger partial charge in [0.1, 0.15) is 0 Å². The highest BCUT2D eigenvalue weighted by Crippen LogP contribution is 2.35. The molecule has 31 heavy (non-hydrogen) atoms. The number of carbonyl (C=O) groups excluding carboxylic acids is 4. The molecule has 1 aliphatic heterocycles. The standard InChI is InChI=1S/C25H29NO5/c27-22(19-12-10-18(11-13-19)17-6-2-1-3-7-17)16-31-23(28)14-15-26-24(29)20-8-4-5-9-21(20)25(26)30/h4-5,10-13,17,20-21H,1-3,6-9,14-16H2/t20-,21+. The first-order chi connectivity index (χ1) is 15.0. The maximum absolute atomic E-state index is 12.4. The summed E-state index contributed by atoms with van der Waals surface area (Å²) in [6, 6.07) is 7.61. The number of carbonyl (C=O) groups is 4. The van der Waals surface area contributed by atoms with Gasteiger partial charge in [0, 0.05) is 12.1 Å². The summed E-state index contributed by atoms with van der Waals surface area (Å²) >= 11 is 0. The number of imide groups is 1. The smallest absolute Gasteiger partial charge is 0.308 e. The highest BCUT2D eigenvalue weighted by atomic mass is 16.5. The molecular weight excluding hydrogens is 394 g/mol. The number of nitrogens with zero attached hydrogens (tertiary/aromatic N) is 1. The zero-order chi connectivity index (χ0) is 21.8. The maximum Gasteiger partial charge on any atom is 0.308 e. The Hall–Kier alpha value is -2.76. The number of likely N-dealkylation sites (tertiary alicyclic amines) is 1. The van der Waals surface area contributed by atoms with Crippen LogP contribution in [0.5, 0.6) is 0 Å². The van der Waals surface area contributed by atoms with Gasteiger partial charge in [0.2, 0.25) is 11.8 Å². The molecule has 1 saturated carbocycles. The van der Waals surface area contributed by atoms with Crippen LogP contribution >= 0.6 is 0 Å². The van der Waals surface area contributed by atoms with E-state index in [1.165, 1.54) is 42.6 Å². The molecule has 164 valence electrons. The van der Waals surface area contributed by atoms with Crippen molar-refractivity contribution in [3.8, 4) is 0 Å². The number of amides is 2. The second kappa shape index (κ2) is 9.58. The lowest BCUT2D eigenvalue weighted by Crippen LogP contribution is -2.33. The van der Waals surface area contributed by atoms with Gasteiger partial charge >= 0.3 is 5.97 Å². The molecule has 0 spiro atoms. The summed E-state index contributed by atoms with van der Waals surface area (Å²) in [6.45, 7) is -0.327. The van der Waals surface area contributed by atoms with Crippen LogP contribution < -0.4 is 0 Å². The van der Waals surface area contributed by atoms with Gasteiger partial charge in [-0.3, -0.25) is 24.1 Å². The van der Waals surface area contributed by atoms with Crippen LogP contribution in [-0.4, -0.2) is 41.6 Å². The van der Waals surface area contributed by atoms with Crippen molar-refractivity contribution in [2.45, 2.75) is 57.3 Å². The van der Waals surface area contributed by atoms with Crippen molar-refractivity contribution in [1.29, 1.82) is 0 Å². The molecule has 6 nitrogen and oxygen atoms in total. The minimum absolute atomic E-state index is 0.00771. The Morgan fingerprint density at radius 2 is 1.52 bits per heavy atom. The van der Waals surface area contributed by atoms with E-state index in [0.717, 1.165) is 0 Å². The fraction of sp³-hybridized carbons (Fsp3) is 0.520. The van der Waals surface area contributed by atoms with Gasteiger partial charge in [0.15, 0.2) is 12.4 Å². The molecular formula is C25H29NO5. The Morgan fingerprint density at radius 1 is 0.903 bits per heavy atom. The molecule has 1 aromatic carbocycles. The number of ether oxygens (including phenoxy) is 1. The number of Topliss-reactive ketones (excluding diaryl/α,β-unsaturated/α-hetero) is 1. The summed E-state index contributed by atoms with van der Waals surface area (Å²) in [5.41, 5.74) is 1.79. The molecule has 2 aliphatic carbocycles. The van der Waals surface area contributed by atoms with Crippen molar-refractivity contribution in [1.82, 2.24) is 4.90 Å². The molecule has 0 bridgehead atoms. The van der Waals surface area contributed by atoms with Crippen LogP contribution in [0.2, 0.25) is 0 Å². The van der Waals surface area contributed by atoms with E-state index in [9.17, 15) is 19.2 Å². The molecule has 0 aromatic heterocycles. The number of fused-ring (bicyclic) bond motifs is 1. The van der Waals surface area contributed by atoms with E-state index in [4.69, 9.17) is 4.74 Å². The quantitative estimate of drug-likeness (QED) is 0.288. The van der Waals surface area contributed by atoms with Gasteiger partial charge in [0.25, 0.3) is 0 Å². The molecule has 0 unspecified atom stereocenters. The Balaban J connectivity index is 1.23. The molecule has 2 fully saturated rings. The molecule has 0 N–H and O–H groups in total. The van der Waals surface area contributed by atoms with E-state index in [0.29, 0.717) is 24.3 Å². The number of benzene rings is 1. The van der Waals surface area contributed by atoms with Gasteiger partial charge in [-0.2, -0.15) is 0 Å². The Morgan fingerprint density at radius 3 is 2.13 bits per heavy atom. The minimum Gasteiger partial charge on any atom is -0.457 e. The van der Waals surface area contributed by atoms with Crippen LogP contribution in [0.1, 0.15) is 73.2 Å². The first-order valence-corrected chi connectivity index (χ1v) is 11.3. The van der Waals surface area contributed by atoms with Crippen LogP contribution in [0.25, 0.3) is 0 Å². The zero-order valence-electron chi connectivity index (χ0n) is 17.8. The number of hydrogen-bond donors (Lipinski definition) is 0. The van der Waals surface area contributed by atoms with E-state index in [1.807, 2.05) is 24.3 Å². The summed E-state index contributed by atoms with van der Waals surface area (Å²) < 4.78 is 5.10. The van der Waals surface area contributed by atoms with E-state index in [2.05, 4.69) is 0 Å². The largest absolute Gasteiger partial charge is 0.457 e. The average molecular weight is 424 g/mol. The van der Waals surface area contributed by atoms with Crippen LogP contribution in [0.4, 0.5) is 0 Å². The predicted octanol–water partition coefficient (Wildman–Crippen LogP) is 3.80. The number of rotatable bonds is 7. The normalized spacial score (nSPS) is 23.7. The SMILES string of the molecule is O=C(CCN1C(=O)[C@H]2CC=CC[C@H]2C1=O)OCC(=O)c1ccc(C2CCCCC2)cc1. The molecule has 6 heteroatoms. The van der Waals surface area contributed by atoms with Crippen LogP contribution in [0.15, 0.2) is 36.4 Å². The van der Waals surface area contributed by atoms with Gasteiger partial charge in [-0.15, -0.1) is 0 Å². The third kappa shape index (κ3) is 4.78. The van der Waals surface area contributed by atoms with Gasteiger partial charge < -0.3 is 4.74 Å². The number of allylic oxidation sites excluding steroid dienone is 2. The molecule has 2 amide bonds. The van der Waals surface area contributed by atoms with Crippen molar-refractivity contribution < 1.29 is 23.9 Å². The molecule has 0 radical (unpaired) electrons. The summed E-state index contributed by atoms with van der Waals surface area (Å²) in [5, 5.41) is 0. The lowest BCUT2D eigenvalue weighted by atomic mass is 9.84. The average Bonchev–Trinajstić information content (AvgIpc) is 3.06. The predicted molar refractivity (Wildman–Crippen MR) is 114 cm³/mol. The van der Waals surface area contributed by atoms with Crippen molar-refractivity contribution >= 4 is 23.6 Å². The van der Waals surface area contributed by atoms with Gasteiger partial charge in [-0.05, 0) is 37.2 Å². The molecule has 2 atom stereocenters. The third-order valence-electron chi connectivity index (χ3n) is 6.81. The van der Waals surface area contributed by atoms with Crippen molar-refractivity contribution in [2.75, 3.05) is 13.2 Å². The second-order valence-electron chi connectivity index (χ2n) is 8.77. The number of ketones is 1. The number of hydrogen-bond acceptors (Lipinski definition) is 5. The Labute approximate surface area is 182 Å². The van der Waals surface area contributed by atoms with E-state index in [1.54, 1.807) is 12.1 Å². The zero-order valence-corrected chi connectivity index (χ0v) is 17.8. The van der Waals surface area contributed by atoms with Crippen LogP contribution in [-0.2, 0) is 19.1 Å². The van der Waals surface area contributed by atoms with E-state index in [-0.39, 0.29) is 49.0 Å². The van der Waals surface area contributed by atoms with E-state index >= 15 is 0 Å². The van der Waals surface area contributed by atoms with Gasteiger partial charge in [0.05, 0.1) is 18.3 Å². The summed E-state index contributed by atoms with van der Waals surface area (Å²) in [5.74, 6) is -1.28. The first-order valence-electron chi connectivity index (χ1n) is 11.3. The Kier molecular flexibility index (Phi) is 6.64. The molecule has 1 aromatic rings. The van der Waals surface area contributed by atoms with Crippen molar-refractivity contribution in [2.24, 2.45) is 11.8 Å². The van der Waals surface area contributed by atoms with Gasteiger partial charge in [-0.25, -0.2) is 0 Å². The Bertz CT molecular complexity index is 856.